The van der Waals surface area contributed by atoms with Gasteiger partial charge in [0.1, 0.15) is 0 Å². The maximum Gasteiger partial charge on any atom is 0.0991 e. The molecule has 1 nitrogen and oxygen atoms in total. The van der Waals surface area contributed by atoms with Gasteiger partial charge >= 0.3 is 0 Å². The fourth-order valence-electron chi connectivity index (χ4n) is 3.88. The second-order valence-electron chi connectivity index (χ2n) is 7.48. The van der Waals surface area contributed by atoms with Crippen LogP contribution in [0.1, 0.15) is 95.1 Å². The van der Waals surface area contributed by atoms with Crippen LogP contribution >= 0.6 is 0 Å². The maximum atomic E-state index is 8.89. The van der Waals surface area contributed by atoms with Gasteiger partial charge in [-0.3, -0.25) is 0 Å². The average Bonchev–Trinajstić information content (AvgIpc) is 2.55. The summed E-state index contributed by atoms with van der Waals surface area (Å²) in [6, 6.07) is 10.5. The van der Waals surface area contributed by atoms with Gasteiger partial charge in [-0.25, -0.2) is 0 Å². The first kappa shape index (κ1) is 17.1. The molecule has 0 amide bonds. The number of hydrogen-bond donors (Lipinski definition) is 0. The molecule has 1 aromatic carbocycles. The molecule has 1 heteroatoms. The molecule has 0 N–H and O–H groups in total. The standard InChI is InChI=1S/C21H31N/c1-3-4-5-6-7-14-21(2)15-12-20(13-16-21)19-10-8-18(17-22)9-11-19/h8-11,20H,3-7,12-16H2,1-2H3. The second-order valence-corrected chi connectivity index (χ2v) is 7.48. The van der Waals surface area contributed by atoms with E-state index in [0.29, 0.717) is 11.3 Å². The van der Waals surface area contributed by atoms with Gasteiger partial charge in [-0.1, -0.05) is 58.1 Å². The minimum Gasteiger partial charge on any atom is -0.192 e. The molecule has 0 saturated heterocycles. The molecular formula is C21H31N. The van der Waals surface area contributed by atoms with E-state index >= 15 is 0 Å². The molecule has 0 aliphatic heterocycles. The van der Waals surface area contributed by atoms with Gasteiger partial charge in [-0.05, 0) is 61.1 Å². The van der Waals surface area contributed by atoms with Crippen LogP contribution in [-0.2, 0) is 0 Å². The van der Waals surface area contributed by atoms with Crippen molar-refractivity contribution in [3.8, 4) is 6.07 Å². The molecule has 0 spiro atoms. The number of unbranched alkanes of at least 4 members (excludes halogenated alkanes) is 4. The lowest BCUT2D eigenvalue weighted by atomic mass is 9.68. The summed E-state index contributed by atoms with van der Waals surface area (Å²) in [6.07, 6.45) is 13.8. The zero-order valence-electron chi connectivity index (χ0n) is 14.4. The van der Waals surface area contributed by atoms with Crippen LogP contribution in [0.15, 0.2) is 24.3 Å². The zero-order chi connectivity index (χ0) is 15.8. The summed E-state index contributed by atoms with van der Waals surface area (Å²) in [5.74, 6) is 0.709. The van der Waals surface area contributed by atoms with E-state index in [1.807, 2.05) is 12.1 Å². The lowest BCUT2D eigenvalue weighted by molar-refractivity contribution is 0.177. The van der Waals surface area contributed by atoms with Crippen molar-refractivity contribution in [3.63, 3.8) is 0 Å². The largest absolute Gasteiger partial charge is 0.192 e. The molecule has 1 fully saturated rings. The second kappa shape index (κ2) is 8.37. The number of benzene rings is 1. The number of nitriles is 1. The van der Waals surface area contributed by atoms with Crippen molar-refractivity contribution in [3.05, 3.63) is 35.4 Å². The van der Waals surface area contributed by atoms with E-state index in [0.717, 1.165) is 5.56 Å². The molecule has 0 heterocycles. The highest BCUT2D eigenvalue weighted by molar-refractivity contribution is 5.33. The van der Waals surface area contributed by atoms with E-state index in [1.54, 1.807) is 0 Å². The highest BCUT2D eigenvalue weighted by Gasteiger charge is 2.30. The molecular weight excluding hydrogens is 266 g/mol. The van der Waals surface area contributed by atoms with Crippen molar-refractivity contribution < 1.29 is 0 Å². The Morgan fingerprint density at radius 2 is 1.68 bits per heavy atom. The highest BCUT2D eigenvalue weighted by Crippen LogP contribution is 2.45. The van der Waals surface area contributed by atoms with Crippen LogP contribution in [0.3, 0.4) is 0 Å². The minimum atomic E-state index is 0.579. The number of rotatable bonds is 7. The quantitative estimate of drug-likeness (QED) is 0.521. The molecule has 0 unspecified atom stereocenters. The van der Waals surface area contributed by atoms with Crippen LogP contribution in [0.25, 0.3) is 0 Å². The van der Waals surface area contributed by atoms with Crippen molar-refractivity contribution in [1.29, 1.82) is 5.26 Å². The first-order chi connectivity index (χ1) is 10.7. The smallest absolute Gasteiger partial charge is 0.0991 e. The van der Waals surface area contributed by atoms with Crippen LogP contribution in [0.5, 0.6) is 0 Å². The molecule has 0 atom stereocenters. The summed E-state index contributed by atoms with van der Waals surface area (Å²) in [4.78, 5) is 0. The summed E-state index contributed by atoms with van der Waals surface area (Å²) in [5, 5.41) is 8.89. The molecule has 120 valence electrons. The molecule has 1 aromatic rings. The maximum absolute atomic E-state index is 8.89. The van der Waals surface area contributed by atoms with Gasteiger partial charge in [-0.2, -0.15) is 5.26 Å². The lowest BCUT2D eigenvalue weighted by Gasteiger charge is -2.38. The summed E-state index contributed by atoms with van der Waals surface area (Å²) in [6.45, 7) is 4.79. The Morgan fingerprint density at radius 3 is 2.27 bits per heavy atom. The normalized spacial score (nSPS) is 24.9. The number of nitrogens with zero attached hydrogens (tertiary/aromatic N) is 1. The predicted molar refractivity (Wildman–Crippen MR) is 93.8 cm³/mol. The predicted octanol–water partition coefficient (Wildman–Crippen LogP) is 6.58. The number of hydrogen-bond acceptors (Lipinski definition) is 1. The van der Waals surface area contributed by atoms with E-state index in [-0.39, 0.29) is 0 Å². The van der Waals surface area contributed by atoms with Gasteiger partial charge in [0, 0.05) is 0 Å². The van der Waals surface area contributed by atoms with E-state index in [4.69, 9.17) is 5.26 Å². The zero-order valence-corrected chi connectivity index (χ0v) is 14.4. The van der Waals surface area contributed by atoms with Crippen molar-refractivity contribution in [2.24, 2.45) is 5.41 Å². The molecule has 22 heavy (non-hydrogen) atoms. The molecule has 0 bridgehead atoms. The van der Waals surface area contributed by atoms with Crippen LogP contribution in [-0.4, -0.2) is 0 Å². The molecule has 2 rings (SSSR count). The Hall–Kier alpha value is -1.29. The van der Waals surface area contributed by atoms with E-state index in [1.165, 1.54) is 69.8 Å². The Morgan fingerprint density at radius 1 is 1.05 bits per heavy atom. The van der Waals surface area contributed by atoms with E-state index in [2.05, 4.69) is 32.0 Å². The third-order valence-electron chi connectivity index (χ3n) is 5.59. The van der Waals surface area contributed by atoms with Gasteiger partial charge in [0.2, 0.25) is 0 Å². The molecule has 1 aliphatic rings. The van der Waals surface area contributed by atoms with Crippen molar-refractivity contribution in [2.75, 3.05) is 0 Å². The first-order valence-corrected chi connectivity index (χ1v) is 9.17. The van der Waals surface area contributed by atoms with E-state index < -0.39 is 0 Å². The fraction of sp³-hybridized carbons (Fsp3) is 0.667. The van der Waals surface area contributed by atoms with Gasteiger partial charge < -0.3 is 0 Å². The fourth-order valence-corrected chi connectivity index (χ4v) is 3.88. The van der Waals surface area contributed by atoms with E-state index in [9.17, 15) is 0 Å². The van der Waals surface area contributed by atoms with Crippen molar-refractivity contribution in [1.82, 2.24) is 0 Å². The Kier molecular flexibility index (Phi) is 6.49. The Labute approximate surface area is 136 Å². The highest BCUT2D eigenvalue weighted by atomic mass is 14.4. The van der Waals surface area contributed by atoms with Crippen LogP contribution in [0, 0.1) is 16.7 Å². The van der Waals surface area contributed by atoms with Crippen LogP contribution < -0.4 is 0 Å². The topological polar surface area (TPSA) is 23.8 Å². The monoisotopic (exact) mass is 297 g/mol. The van der Waals surface area contributed by atoms with Crippen LogP contribution in [0.2, 0.25) is 0 Å². The summed E-state index contributed by atoms with van der Waals surface area (Å²) in [5.41, 5.74) is 2.79. The van der Waals surface area contributed by atoms with Gasteiger partial charge in [0.25, 0.3) is 0 Å². The Bertz CT molecular complexity index is 472. The average molecular weight is 297 g/mol. The lowest BCUT2D eigenvalue weighted by Crippen LogP contribution is -2.23. The SMILES string of the molecule is CCCCCCCC1(C)CCC(c2ccc(C#N)cc2)CC1. The minimum absolute atomic E-state index is 0.579. The summed E-state index contributed by atoms with van der Waals surface area (Å²) in [7, 11) is 0. The first-order valence-electron chi connectivity index (χ1n) is 9.17. The molecule has 0 radical (unpaired) electrons. The third-order valence-corrected chi connectivity index (χ3v) is 5.59. The summed E-state index contributed by atoms with van der Waals surface area (Å²) < 4.78 is 0. The molecule has 1 saturated carbocycles. The van der Waals surface area contributed by atoms with Gasteiger partial charge in [0.05, 0.1) is 11.6 Å². The molecule has 0 aromatic heterocycles. The van der Waals surface area contributed by atoms with Gasteiger partial charge in [-0.15, -0.1) is 0 Å². The van der Waals surface area contributed by atoms with Gasteiger partial charge in [0.15, 0.2) is 0 Å². The molecule has 1 aliphatic carbocycles. The van der Waals surface area contributed by atoms with Crippen molar-refractivity contribution >= 4 is 0 Å². The Balaban J connectivity index is 1.77. The van der Waals surface area contributed by atoms with Crippen LogP contribution in [0.4, 0.5) is 0 Å². The summed E-state index contributed by atoms with van der Waals surface area (Å²) >= 11 is 0. The van der Waals surface area contributed by atoms with Crippen molar-refractivity contribution in [2.45, 2.75) is 84.0 Å². The third kappa shape index (κ3) is 4.87.